The Balaban J connectivity index is 2.20. The molecule has 1 aliphatic carbocycles. The summed E-state index contributed by atoms with van der Waals surface area (Å²) >= 11 is 1.42. The zero-order chi connectivity index (χ0) is 12.3. The highest BCUT2D eigenvalue weighted by atomic mass is 32.2. The van der Waals surface area contributed by atoms with Gasteiger partial charge >= 0.3 is 0 Å². The van der Waals surface area contributed by atoms with Crippen molar-refractivity contribution in [3.63, 3.8) is 0 Å². The molecule has 17 heavy (non-hydrogen) atoms. The van der Waals surface area contributed by atoms with Gasteiger partial charge in [-0.3, -0.25) is 4.79 Å². The van der Waals surface area contributed by atoms with Crippen molar-refractivity contribution in [1.29, 1.82) is 0 Å². The third-order valence-corrected chi connectivity index (χ3v) is 3.47. The molecule has 1 aromatic heterocycles. The highest BCUT2D eigenvalue weighted by Crippen LogP contribution is 2.24. The van der Waals surface area contributed by atoms with Gasteiger partial charge < -0.3 is 10.4 Å². The minimum absolute atomic E-state index is 0.0155. The first-order valence-corrected chi connectivity index (χ1v) is 6.78. The summed E-state index contributed by atoms with van der Waals surface area (Å²) in [7, 11) is 0. The molecule has 5 nitrogen and oxygen atoms in total. The summed E-state index contributed by atoms with van der Waals surface area (Å²) in [6.07, 6.45) is 6.46. The number of aromatic nitrogens is 2. The Morgan fingerprint density at radius 1 is 1.59 bits per heavy atom. The van der Waals surface area contributed by atoms with Crippen LogP contribution >= 0.6 is 11.8 Å². The summed E-state index contributed by atoms with van der Waals surface area (Å²) < 4.78 is 0. The first-order valence-electron chi connectivity index (χ1n) is 5.55. The molecule has 1 fully saturated rings. The average Bonchev–Trinajstić information content (AvgIpc) is 2.75. The zero-order valence-electron chi connectivity index (χ0n) is 9.59. The minimum atomic E-state index is -0.359. The molecule has 0 radical (unpaired) electrons. The van der Waals surface area contributed by atoms with Crippen LogP contribution in [0.3, 0.4) is 0 Å². The van der Waals surface area contributed by atoms with Gasteiger partial charge in [0.05, 0.1) is 17.7 Å². The maximum Gasteiger partial charge on any atom is 0.189 e. The van der Waals surface area contributed by atoms with Crippen molar-refractivity contribution >= 4 is 23.9 Å². The molecule has 0 unspecified atom stereocenters. The lowest BCUT2D eigenvalue weighted by Crippen LogP contribution is -2.29. The van der Waals surface area contributed by atoms with E-state index in [1.807, 2.05) is 6.26 Å². The summed E-state index contributed by atoms with van der Waals surface area (Å²) in [4.78, 5) is 19.2. The number of anilines is 1. The standard InChI is InChI=1S/C11H15N3O2S/c1-17-11-12-5-7(6-15)10(14-11)13-8-3-2-4-9(8)16/h5-6,8-9,16H,2-4H2,1H3,(H,12,13,14)/t8-,9-/m1/s1. The Kier molecular flexibility index (Phi) is 3.96. The molecule has 0 bridgehead atoms. The summed E-state index contributed by atoms with van der Waals surface area (Å²) in [5.41, 5.74) is 0.432. The molecule has 1 aromatic rings. The van der Waals surface area contributed by atoms with Gasteiger partial charge in [0.25, 0.3) is 0 Å². The van der Waals surface area contributed by atoms with Crippen molar-refractivity contribution in [2.45, 2.75) is 36.6 Å². The fourth-order valence-electron chi connectivity index (χ4n) is 1.96. The number of aliphatic hydroxyl groups is 1. The van der Waals surface area contributed by atoms with Gasteiger partial charge in [0.15, 0.2) is 11.4 Å². The molecule has 0 spiro atoms. The molecule has 6 heteroatoms. The summed E-state index contributed by atoms with van der Waals surface area (Å²) in [6.45, 7) is 0. The third-order valence-electron chi connectivity index (χ3n) is 2.91. The van der Waals surface area contributed by atoms with Crippen LogP contribution in [-0.2, 0) is 0 Å². The van der Waals surface area contributed by atoms with Crippen LogP contribution in [0.2, 0.25) is 0 Å². The number of rotatable bonds is 4. The molecule has 2 atom stereocenters. The van der Waals surface area contributed by atoms with Crippen LogP contribution in [-0.4, -0.2) is 39.8 Å². The second kappa shape index (κ2) is 5.46. The maximum absolute atomic E-state index is 10.9. The van der Waals surface area contributed by atoms with Crippen molar-refractivity contribution in [1.82, 2.24) is 9.97 Å². The number of nitrogens with zero attached hydrogens (tertiary/aromatic N) is 2. The van der Waals surface area contributed by atoms with Gasteiger partial charge in [-0.15, -0.1) is 0 Å². The molecule has 0 saturated heterocycles. The smallest absolute Gasteiger partial charge is 0.189 e. The lowest BCUT2D eigenvalue weighted by molar-refractivity contribution is 0.112. The van der Waals surface area contributed by atoms with Crippen LogP contribution < -0.4 is 5.32 Å². The highest BCUT2D eigenvalue weighted by Gasteiger charge is 2.26. The largest absolute Gasteiger partial charge is 0.391 e. The van der Waals surface area contributed by atoms with E-state index in [2.05, 4.69) is 15.3 Å². The summed E-state index contributed by atoms with van der Waals surface area (Å²) in [5.74, 6) is 0.519. The monoisotopic (exact) mass is 253 g/mol. The molecular formula is C11H15N3O2S. The van der Waals surface area contributed by atoms with Gasteiger partial charge in [0.1, 0.15) is 5.82 Å². The van der Waals surface area contributed by atoms with Gasteiger partial charge in [-0.25, -0.2) is 9.97 Å². The lowest BCUT2D eigenvalue weighted by Gasteiger charge is -2.18. The van der Waals surface area contributed by atoms with E-state index in [1.54, 1.807) is 0 Å². The predicted octanol–water partition coefficient (Wildman–Crippen LogP) is 1.34. The second-order valence-corrected chi connectivity index (χ2v) is 4.80. The maximum atomic E-state index is 10.9. The molecule has 1 saturated carbocycles. The molecule has 0 amide bonds. The second-order valence-electron chi connectivity index (χ2n) is 4.03. The van der Waals surface area contributed by atoms with Crippen molar-refractivity contribution in [3.8, 4) is 0 Å². The third kappa shape index (κ3) is 2.76. The van der Waals surface area contributed by atoms with Crippen molar-refractivity contribution < 1.29 is 9.90 Å². The van der Waals surface area contributed by atoms with Crippen LogP contribution in [0.1, 0.15) is 29.6 Å². The van der Waals surface area contributed by atoms with E-state index in [4.69, 9.17) is 0 Å². The Labute approximate surface area is 104 Å². The van der Waals surface area contributed by atoms with Gasteiger partial charge in [-0.2, -0.15) is 0 Å². The van der Waals surface area contributed by atoms with E-state index in [9.17, 15) is 9.90 Å². The quantitative estimate of drug-likeness (QED) is 0.479. The molecule has 0 aromatic carbocycles. The Morgan fingerprint density at radius 2 is 2.41 bits per heavy atom. The number of carbonyl (C=O) groups excluding carboxylic acids is 1. The van der Waals surface area contributed by atoms with Crippen molar-refractivity contribution in [2.75, 3.05) is 11.6 Å². The lowest BCUT2D eigenvalue weighted by atomic mass is 10.2. The number of aliphatic hydroxyl groups excluding tert-OH is 1. The van der Waals surface area contributed by atoms with Gasteiger partial charge in [0.2, 0.25) is 0 Å². The van der Waals surface area contributed by atoms with E-state index in [-0.39, 0.29) is 12.1 Å². The van der Waals surface area contributed by atoms with Crippen LogP contribution in [0.5, 0.6) is 0 Å². The Bertz CT molecular complexity index is 414. The normalized spacial score (nSPS) is 23.6. The van der Waals surface area contributed by atoms with E-state index in [0.29, 0.717) is 16.5 Å². The number of hydrogen-bond acceptors (Lipinski definition) is 6. The molecule has 1 heterocycles. The number of thioether (sulfide) groups is 1. The topological polar surface area (TPSA) is 75.1 Å². The minimum Gasteiger partial charge on any atom is -0.391 e. The van der Waals surface area contributed by atoms with Crippen LogP contribution in [0, 0.1) is 0 Å². The molecular weight excluding hydrogens is 238 g/mol. The fourth-order valence-corrected chi connectivity index (χ4v) is 2.30. The van der Waals surface area contributed by atoms with E-state index in [1.165, 1.54) is 18.0 Å². The van der Waals surface area contributed by atoms with Gasteiger partial charge in [0, 0.05) is 6.20 Å². The average molecular weight is 253 g/mol. The van der Waals surface area contributed by atoms with Gasteiger partial charge in [-0.05, 0) is 25.5 Å². The first kappa shape index (κ1) is 12.3. The number of hydrogen-bond donors (Lipinski definition) is 2. The number of nitrogens with one attached hydrogen (secondary N) is 1. The number of aldehydes is 1. The molecule has 0 aliphatic heterocycles. The molecule has 1 aliphatic rings. The molecule has 2 N–H and O–H groups in total. The summed E-state index contributed by atoms with van der Waals surface area (Å²) in [5, 5.41) is 13.5. The highest BCUT2D eigenvalue weighted by molar-refractivity contribution is 7.98. The van der Waals surface area contributed by atoms with Crippen molar-refractivity contribution in [2.24, 2.45) is 0 Å². The Hall–Kier alpha value is -1.14. The summed E-state index contributed by atoms with van der Waals surface area (Å²) in [6, 6.07) is -0.0155. The molecule has 2 rings (SSSR count). The van der Waals surface area contributed by atoms with Crippen molar-refractivity contribution in [3.05, 3.63) is 11.8 Å². The number of carbonyl (C=O) groups is 1. The first-order chi connectivity index (χ1) is 8.24. The van der Waals surface area contributed by atoms with Gasteiger partial charge in [-0.1, -0.05) is 11.8 Å². The van der Waals surface area contributed by atoms with E-state index in [0.717, 1.165) is 25.5 Å². The zero-order valence-corrected chi connectivity index (χ0v) is 10.4. The van der Waals surface area contributed by atoms with E-state index >= 15 is 0 Å². The Morgan fingerprint density at radius 3 is 3.00 bits per heavy atom. The SMILES string of the molecule is CSc1ncc(C=O)c(N[C@@H]2CCC[C@H]2O)n1. The fraction of sp³-hybridized carbons (Fsp3) is 0.545. The van der Waals surface area contributed by atoms with Crippen LogP contribution in [0.4, 0.5) is 5.82 Å². The van der Waals surface area contributed by atoms with Crippen LogP contribution in [0.15, 0.2) is 11.4 Å². The van der Waals surface area contributed by atoms with Crippen LogP contribution in [0.25, 0.3) is 0 Å². The molecule has 92 valence electrons. The van der Waals surface area contributed by atoms with E-state index < -0.39 is 0 Å². The predicted molar refractivity (Wildman–Crippen MR) is 66.5 cm³/mol.